The molecule has 2 unspecified atom stereocenters. The number of phosphoric acid groups is 1. The number of nitrogens with zero attached hydrogens (tertiary/aromatic N) is 4. The molecule has 0 radical (unpaired) electrons. The number of nitrogen functional groups attached to an aromatic ring is 1. The maximum Gasteiger partial charge on any atom is 0.469 e. The van der Waals surface area contributed by atoms with E-state index in [0.717, 1.165) is 0 Å². The van der Waals surface area contributed by atoms with Crippen LogP contribution < -0.4 is 5.73 Å². The highest BCUT2D eigenvalue weighted by Crippen LogP contribution is 2.63. The van der Waals surface area contributed by atoms with Crippen molar-refractivity contribution in [3.63, 3.8) is 0 Å². The minimum Gasteiger partial charge on any atom is -0.387 e. The van der Waals surface area contributed by atoms with Crippen LogP contribution in [0.4, 0.5) is 5.82 Å². The van der Waals surface area contributed by atoms with E-state index in [9.17, 15) is 14.8 Å². The van der Waals surface area contributed by atoms with E-state index in [1.54, 1.807) is 0 Å². The first-order chi connectivity index (χ1) is 12.1. The molecule has 0 spiro atoms. The molecule has 6 N–H and O–H groups in total. The van der Waals surface area contributed by atoms with Gasteiger partial charge in [-0.2, -0.15) is 9.97 Å². The molecule has 2 fully saturated rings. The molecule has 2 aliphatic carbocycles. The monoisotopic (exact) mass is 405 g/mol. The quantitative estimate of drug-likeness (QED) is 0.343. The summed E-state index contributed by atoms with van der Waals surface area (Å²) in [6.45, 7) is -0.365. The van der Waals surface area contributed by atoms with Crippen molar-refractivity contribution < 1.29 is 29.1 Å². The van der Waals surface area contributed by atoms with Crippen LogP contribution in [0.3, 0.4) is 0 Å². The molecule has 0 bridgehead atoms. The van der Waals surface area contributed by atoms with Gasteiger partial charge in [-0.15, -0.1) is 0 Å². The van der Waals surface area contributed by atoms with Crippen LogP contribution >= 0.6 is 19.4 Å². The molecule has 2 aromatic rings. The summed E-state index contributed by atoms with van der Waals surface area (Å²) in [5.74, 6) is -0.140. The van der Waals surface area contributed by atoms with E-state index in [2.05, 4.69) is 19.5 Å². The summed E-state index contributed by atoms with van der Waals surface area (Å²) in [7, 11) is -4.70. The van der Waals surface area contributed by atoms with E-state index in [1.165, 1.54) is 10.9 Å². The van der Waals surface area contributed by atoms with Crippen LogP contribution in [-0.2, 0) is 14.8 Å². The average Bonchev–Trinajstić information content (AvgIpc) is 3.00. The molecule has 2 saturated carbocycles. The second-order valence-electron chi connectivity index (χ2n) is 6.88. The number of phosphoric ester groups is 1. The maximum atomic E-state index is 11.3. The van der Waals surface area contributed by atoms with Crippen LogP contribution in [0.1, 0.15) is 19.3 Å². The Morgan fingerprint density at radius 2 is 2.19 bits per heavy atom. The number of nitrogens with two attached hydrogens (primary N) is 1. The molecule has 0 aromatic carbocycles. The number of hydrogen-bond acceptors (Lipinski definition) is 8. The summed E-state index contributed by atoms with van der Waals surface area (Å²) in [5, 5.41) is 22.0. The highest BCUT2D eigenvalue weighted by atomic mass is 35.5. The molecule has 0 aliphatic heterocycles. The van der Waals surface area contributed by atoms with Gasteiger partial charge >= 0.3 is 7.82 Å². The molecule has 142 valence electrons. The van der Waals surface area contributed by atoms with Crippen molar-refractivity contribution in [3.05, 3.63) is 11.6 Å². The van der Waals surface area contributed by atoms with Gasteiger partial charge < -0.3 is 25.7 Å². The second-order valence-corrected chi connectivity index (χ2v) is 8.46. The summed E-state index contributed by atoms with van der Waals surface area (Å²) in [5.41, 5.74) is 3.41. The number of anilines is 1. The SMILES string of the molecule is Nc1nc(Cl)nc2c1ncn2C1(O)C[C@H]2CC[C@@]2(COP(=O)(O)O)C1O. The van der Waals surface area contributed by atoms with Gasteiger partial charge in [0.05, 0.1) is 12.9 Å². The van der Waals surface area contributed by atoms with E-state index >= 15 is 0 Å². The molecule has 4 atom stereocenters. The molecule has 2 aromatic heterocycles. The van der Waals surface area contributed by atoms with E-state index in [-0.39, 0.29) is 41.2 Å². The molecule has 26 heavy (non-hydrogen) atoms. The third kappa shape index (κ3) is 2.47. The lowest BCUT2D eigenvalue weighted by Crippen LogP contribution is -2.52. The number of imidazole rings is 1. The van der Waals surface area contributed by atoms with Crippen molar-refractivity contribution in [3.8, 4) is 0 Å². The van der Waals surface area contributed by atoms with Crippen molar-refractivity contribution in [1.29, 1.82) is 0 Å². The summed E-state index contributed by atoms with van der Waals surface area (Å²) in [6, 6.07) is 0. The predicted molar refractivity (Wildman–Crippen MR) is 88.7 cm³/mol. The number of aromatic nitrogens is 4. The highest BCUT2D eigenvalue weighted by Gasteiger charge is 2.67. The second kappa shape index (κ2) is 5.59. The third-order valence-corrected chi connectivity index (χ3v) is 6.25. The molecule has 2 aliphatic rings. The zero-order valence-corrected chi connectivity index (χ0v) is 15.0. The van der Waals surface area contributed by atoms with Gasteiger partial charge in [-0.3, -0.25) is 9.09 Å². The van der Waals surface area contributed by atoms with Crippen molar-refractivity contribution in [2.24, 2.45) is 11.3 Å². The Kier molecular flexibility index (Phi) is 3.88. The first kappa shape index (κ1) is 18.1. The van der Waals surface area contributed by atoms with Crippen molar-refractivity contribution in [2.45, 2.75) is 31.1 Å². The molecule has 0 saturated heterocycles. The Labute approximate surface area is 152 Å². The fraction of sp³-hybridized carbons (Fsp3) is 0.615. The molecule has 0 amide bonds. The Morgan fingerprint density at radius 1 is 1.46 bits per heavy atom. The molecule has 2 heterocycles. The van der Waals surface area contributed by atoms with Crippen LogP contribution in [0.25, 0.3) is 11.2 Å². The number of rotatable bonds is 4. The van der Waals surface area contributed by atoms with Crippen LogP contribution in [0.5, 0.6) is 0 Å². The third-order valence-electron chi connectivity index (χ3n) is 5.62. The lowest BCUT2D eigenvalue weighted by molar-refractivity contribution is -0.161. The Morgan fingerprint density at radius 3 is 2.81 bits per heavy atom. The Hall–Kier alpha value is -1.33. The predicted octanol–water partition coefficient (Wildman–Crippen LogP) is -0.0227. The highest BCUT2D eigenvalue weighted by molar-refractivity contribution is 7.46. The molecule has 11 nitrogen and oxygen atoms in total. The standard InChI is InChI=1S/C13H17ClN5O6P/c14-11-17-8(15)7-9(18-11)19(5-16-7)13(21)3-6-1-2-12(6,10(13)20)4-25-26(22,23)24/h5-6,10,20-21H,1-4H2,(H2,15,17,18)(H2,22,23,24)/t6-,10?,12+,13?/m1/s1. The summed E-state index contributed by atoms with van der Waals surface area (Å²) in [6.07, 6.45) is 1.23. The van der Waals surface area contributed by atoms with E-state index in [4.69, 9.17) is 27.1 Å². The zero-order valence-electron chi connectivity index (χ0n) is 13.4. The summed E-state index contributed by atoms with van der Waals surface area (Å²) < 4.78 is 17.0. The van der Waals surface area contributed by atoms with Crippen molar-refractivity contribution in [1.82, 2.24) is 19.5 Å². The van der Waals surface area contributed by atoms with Gasteiger partial charge in [0.25, 0.3) is 0 Å². The Balaban J connectivity index is 1.75. The van der Waals surface area contributed by atoms with Crippen LogP contribution in [-0.4, -0.2) is 52.2 Å². The fourth-order valence-electron chi connectivity index (χ4n) is 4.20. The zero-order chi connectivity index (χ0) is 18.9. The number of aliphatic hydroxyl groups is 2. The van der Waals surface area contributed by atoms with E-state index < -0.39 is 25.1 Å². The van der Waals surface area contributed by atoms with Gasteiger partial charge in [0, 0.05) is 11.8 Å². The number of halogens is 1. The van der Waals surface area contributed by atoms with Crippen molar-refractivity contribution in [2.75, 3.05) is 12.3 Å². The van der Waals surface area contributed by atoms with Crippen molar-refractivity contribution >= 4 is 36.4 Å². The largest absolute Gasteiger partial charge is 0.469 e. The van der Waals surface area contributed by atoms with Gasteiger partial charge in [-0.25, -0.2) is 9.55 Å². The van der Waals surface area contributed by atoms with Gasteiger partial charge in [-0.1, -0.05) is 0 Å². The first-order valence-electron chi connectivity index (χ1n) is 7.84. The smallest absolute Gasteiger partial charge is 0.387 e. The maximum absolute atomic E-state index is 11.3. The van der Waals surface area contributed by atoms with Crippen LogP contribution in [0.15, 0.2) is 6.33 Å². The number of hydrogen-bond donors (Lipinski definition) is 5. The van der Waals surface area contributed by atoms with Crippen LogP contribution in [0, 0.1) is 11.3 Å². The first-order valence-corrected chi connectivity index (χ1v) is 9.75. The summed E-state index contributed by atoms with van der Waals surface area (Å²) in [4.78, 5) is 29.9. The molecule has 4 rings (SSSR count). The van der Waals surface area contributed by atoms with E-state index in [1.807, 2.05) is 0 Å². The normalized spacial score (nSPS) is 34.0. The summed E-state index contributed by atoms with van der Waals surface area (Å²) >= 11 is 5.84. The molecule has 13 heteroatoms. The fourth-order valence-corrected chi connectivity index (χ4v) is 4.78. The number of aliphatic hydroxyl groups excluding tert-OH is 1. The van der Waals surface area contributed by atoms with Gasteiger partial charge in [0.2, 0.25) is 5.28 Å². The Bertz CT molecular complexity index is 935. The van der Waals surface area contributed by atoms with Crippen LogP contribution in [0.2, 0.25) is 5.28 Å². The van der Waals surface area contributed by atoms with E-state index in [0.29, 0.717) is 12.8 Å². The topological polar surface area (TPSA) is 177 Å². The average molecular weight is 406 g/mol. The minimum absolute atomic E-state index is 0.0392. The minimum atomic E-state index is -4.70. The van der Waals surface area contributed by atoms with Gasteiger partial charge in [0.15, 0.2) is 17.2 Å². The molecular formula is C13H17ClN5O6P. The van der Waals surface area contributed by atoms with Gasteiger partial charge in [-0.05, 0) is 30.4 Å². The van der Waals surface area contributed by atoms with Gasteiger partial charge in [0.1, 0.15) is 11.6 Å². The lowest BCUT2D eigenvalue weighted by Gasteiger charge is -2.46. The lowest BCUT2D eigenvalue weighted by atomic mass is 9.61. The molecular weight excluding hydrogens is 389 g/mol. The number of fused-ring (bicyclic) bond motifs is 2.